The zero-order valence-corrected chi connectivity index (χ0v) is 13.6. The van der Waals surface area contributed by atoms with E-state index < -0.39 is 5.91 Å². The molecule has 0 spiro atoms. The van der Waals surface area contributed by atoms with Crippen molar-refractivity contribution < 1.29 is 14.3 Å². The van der Waals surface area contributed by atoms with Crippen molar-refractivity contribution in [2.75, 3.05) is 25.6 Å². The Bertz CT molecular complexity index is 548. The number of nitrogens with zero attached hydrogens (tertiary/aromatic N) is 1. The van der Waals surface area contributed by atoms with Gasteiger partial charge in [-0.3, -0.25) is 4.79 Å². The van der Waals surface area contributed by atoms with Crippen LogP contribution in [0.2, 0.25) is 0 Å². The van der Waals surface area contributed by atoms with Gasteiger partial charge in [-0.2, -0.15) is 0 Å². The minimum atomic E-state index is -0.503. The summed E-state index contributed by atoms with van der Waals surface area (Å²) in [7, 11) is 1.69. The maximum Gasteiger partial charge on any atom is 0.322 e. The van der Waals surface area contributed by atoms with Gasteiger partial charge >= 0.3 is 6.03 Å². The Balaban J connectivity index is 1.99. The number of rotatable bonds is 6. The number of amides is 3. The fraction of sp³-hybridized carbons (Fsp3) is 0.529. The number of hydrogen-bond acceptors (Lipinski definition) is 3. The third kappa shape index (κ3) is 4.96. The van der Waals surface area contributed by atoms with Gasteiger partial charge in [0, 0.05) is 37.6 Å². The molecule has 23 heavy (non-hydrogen) atoms. The number of urea groups is 1. The standard InChI is InChI=1S/C17H25N3O3/c1-23-11-5-9-15-8-2-3-10-20(15)17(22)19-14-7-4-6-13(12-14)16(18)21/h4,6-7,12,15H,2-3,5,8-11H2,1H3,(H2,18,21)(H,19,22)/t15-/m1/s1. The van der Waals surface area contributed by atoms with Crippen LogP contribution in [-0.4, -0.2) is 43.1 Å². The number of piperidine rings is 1. The summed E-state index contributed by atoms with van der Waals surface area (Å²) in [5, 5.41) is 2.88. The normalized spacial score (nSPS) is 17.8. The molecule has 0 radical (unpaired) electrons. The Hall–Kier alpha value is -2.08. The average molecular weight is 319 g/mol. The quantitative estimate of drug-likeness (QED) is 0.790. The summed E-state index contributed by atoms with van der Waals surface area (Å²) >= 11 is 0. The van der Waals surface area contributed by atoms with Crippen LogP contribution < -0.4 is 11.1 Å². The van der Waals surface area contributed by atoms with Crippen molar-refractivity contribution in [3.05, 3.63) is 29.8 Å². The predicted molar refractivity (Wildman–Crippen MR) is 89.4 cm³/mol. The van der Waals surface area contributed by atoms with Gasteiger partial charge in [-0.15, -0.1) is 0 Å². The number of primary amides is 1. The van der Waals surface area contributed by atoms with E-state index in [0.29, 0.717) is 17.9 Å². The smallest absolute Gasteiger partial charge is 0.322 e. The minimum absolute atomic E-state index is 0.117. The highest BCUT2D eigenvalue weighted by molar-refractivity contribution is 5.95. The third-order valence-electron chi connectivity index (χ3n) is 4.17. The molecule has 6 nitrogen and oxygen atoms in total. The van der Waals surface area contributed by atoms with Crippen molar-refractivity contribution >= 4 is 17.6 Å². The van der Waals surface area contributed by atoms with E-state index in [4.69, 9.17) is 10.5 Å². The Morgan fingerprint density at radius 1 is 1.39 bits per heavy atom. The van der Waals surface area contributed by atoms with Crippen LogP contribution in [0, 0.1) is 0 Å². The molecule has 1 aromatic carbocycles. The molecule has 1 heterocycles. The van der Waals surface area contributed by atoms with Crippen LogP contribution in [-0.2, 0) is 4.74 Å². The number of nitrogens with two attached hydrogens (primary N) is 1. The predicted octanol–water partition coefficient (Wildman–Crippen LogP) is 2.60. The van der Waals surface area contributed by atoms with Crippen molar-refractivity contribution in [1.29, 1.82) is 0 Å². The number of ether oxygens (including phenoxy) is 1. The molecule has 1 aliphatic heterocycles. The van der Waals surface area contributed by atoms with Crippen molar-refractivity contribution in [3.63, 3.8) is 0 Å². The van der Waals surface area contributed by atoms with Crippen LogP contribution in [0.5, 0.6) is 0 Å². The van der Waals surface area contributed by atoms with E-state index >= 15 is 0 Å². The van der Waals surface area contributed by atoms with E-state index in [9.17, 15) is 9.59 Å². The Morgan fingerprint density at radius 3 is 2.96 bits per heavy atom. The van der Waals surface area contributed by atoms with Crippen LogP contribution in [0.25, 0.3) is 0 Å². The molecule has 0 aromatic heterocycles. The lowest BCUT2D eigenvalue weighted by atomic mass is 9.98. The fourth-order valence-electron chi connectivity index (χ4n) is 2.98. The Morgan fingerprint density at radius 2 is 2.22 bits per heavy atom. The third-order valence-corrected chi connectivity index (χ3v) is 4.17. The maximum atomic E-state index is 12.6. The first kappa shape index (κ1) is 17.3. The van der Waals surface area contributed by atoms with Crippen LogP contribution in [0.15, 0.2) is 24.3 Å². The maximum absolute atomic E-state index is 12.6. The van der Waals surface area contributed by atoms with Gasteiger partial charge < -0.3 is 20.7 Å². The first-order valence-electron chi connectivity index (χ1n) is 8.08. The molecule has 1 fully saturated rings. The zero-order valence-electron chi connectivity index (χ0n) is 13.6. The minimum Gasteiger partial charge on any atom is -0.385 e. The number of carbonyl (C=O) groups is 2. The molecule has 0 saturated carbocycles. The van der Waals surface area contributed by atoms with Gasteiger partial charge in [0.05, 0.1) is 0 Å². The number of likely N-dealkylation sites (tertiary alicyclic amines) is 1. The Kier molecular flexibility index (Phi) is 6.40. The number of carbonyl (C=O) groups excluding carboxylic acids is 2. The van der Waals surface area contributed by atoms with E-state index in [1.165, 1.54) is 0 Å². The van der Waals surface area contributed by atoms with Crippen molar-refractivity contribution in [3.8, 4) is 0 Å². The van der Waals surface area contributed by atoms with Crippen LogP contribution in [0.1, 0.15) is 42.5 Å². The molecule has 3 N–H and O–H groups in total. The van der Waals surface area contributed by atoms with Gasteiger partial charge in [0.25, 0.3) is 0 Å². The second-order valence-electron chi connectivity index (χ2n) is 5.85. The van der Waals surface area contributed by atoms with Gasteiger partial charge in [-0.1, -0.05) is 6.07 Å². The monoisotopic (exact) mass is 319 g/mol. The molecule has 126 valence electrons. The number of hydrogen-bond donors (Lipinski definition) is 2. The highest BCUT2D eigenvalue weighted by Crippen LogP contribution is 2.22. The summed E-state index contributed by atoms with van der Waals surface area (Å²) in [6.07, 6.45) is 5.09. The summed E-state index contributed by atoms with van der Waals surface area (Å²) in [6, 6.07) is 6.83. The molecule has 0 unspecified atom stereocenters. The Labute approximate surface area is 137 Å². The summed E-state index contributed by atoms with van der Waals surface area (Å²) in [5.74, 6) is -0.503. The first-order valence-corrected chi connectivity index (χ1v) is 8.08. The second kappa shape index (κ2) is 8.53. The van der Waals surface area contributed by atoms with Crippen LogP contribution in [0.4, 0.5) is 10.5 Å². The second-order valence-corrected chi connectivity index (χ2v) is 5.85. The average Bonchev–Trinajstić information content (AvgIpc) is 2.55. The van der Waals surface area contributed by atoms with Gasteiger partial charge in [0.1, 0.15) is 0 Å². The lowest BCUT2D eigenvalue weighted by Gasteiger charge is -2.35. The molecular formula is C17H25N3O3. The lowest BCUT2D eigenvalue weighted by Crippen LogP contribution is -2.46. The van der Waals surface area contributed by atoms with E-state index in [0.717, 1.165) is 38.6 Å². The lowest BCUT2D eigenvalue weighted by molar-refractivity contribution is 0.1000. The van der Waals surface area contributed by atoms with Crippen LogP contribution in [0.3, 0.4) is 0 Å². The molecule has 3 amide bonds. The van der Waals surface area contributed by atoms with Crippen molar-refractivity contribution in [1.82, 2.24) is 4.90 Å². The van der Waals surface area contributed by atoms with E-state index in [-0.39, 0.29) is 12.1 Å². The van der Waals surface area contributed by atoms with Crippen LogP contribution >= 0.6 is 0 Å². The fourth-order valence-corrected chi connectivity index (χ4v) is 2.98. The molecule has 1 atom stereocenters. The number of anilines is 1. The van der Waals surface area contributed by atoms with E-state index in [1.54, 1.807) is 31.4 Å². The number of nitrogens with one attached hydrogen (secondary N) is 1. The highest BCUT2D eigenvalue weighted by Gasteiger charge is 2.26. The molecule has 1 saturated heterocycles. The topological polar surface area (TPSA) is 84.7 Å². The van der Waals surface area contributed by atoms with Gasteiger partial charge in [0.15, 0.2) is 0 Å². The summed E-state index contributed by atoms with van der Waals surface area (Å²) in [6.45, 7) is 1.48. The van der Waals surface area contributed by atoms with Gasteiger partial charge in [-0.25, -0.2) is 4.79 Å². The highest BCUT2D eigenvalue weighted by atomic mass is 16.5. The molecule has 0 bridgehead atoms. The summed E-state index contributed by atoms with van der Waals surface area (Å²) in [5.41, 5.74) is 6.25. The SMILES string of the molecule is COCCC[C@H]1CCCCN1C(=O)Nc1cccc(C(N)=O)c1. The number of methoxy groups -OCH3 is 1. The molecule has 1 aliphatic rings. The number of benzene rings is 1. The molecular weight excluding hydrogens is 294 g/mol. The van der Waals surface area contributed by atoms with E-state index in [2.05, 4.69) is 5.32 Å². The zero-order chi connectivity index (χ0) is 16.7. The van der Waals surface area contributed by atoms with Gasteiger partial charge in [-0.05, 0) is 50.3 Å². The van der Waals surface area contributed by atoms with Crippen molar-refractivity contribution in [2.45, 2.75) is 38.1 Å². The van der Waals surface area contributed by atoms with E-state index in [1.807, 2.05) is 4.90 Å². The molecule has 0 aliphatic carbocycles. The molecule has 6 heteroatoms. The first-order chi connectivity index (χ1) is 11.1. The van der Waals surface area contributed by atoms with Gasteiger partial charge in [0.2, 0.25) is 5.91 Å². The van der Waals surface area contributed by atoms with Crippen molar-refractivity contribution in [2.24, 2.45) is 5.73 Å². The summed E-state index contributed by atoms with van der Waals surface area (Å²) < 4.78 is 5.10. The largest absolute Gasteiger partial charge is 0.385 e. The summed E-state index contributed by atoms with van der Waals surface area (Å²) in [4.78, 5) is 25.7. The molecule has 2 rings (SSSR count). The molecule has 1 aromatic rings.